The SMILES string of the molecule is CCCC.[BeH2].[HH].[HH].[NaH]. The van der Waals surface area contributed by atoms with Gasteiger partial charge < -0.3 is 0 Å². The van der Waals surface area contributed by atoms with Crippen molar-refractivity contribution in [2.24, 2.45) is 0 Å². The quantitative estimate of drug-likeness (QED) is 0.423. The van der Waals surface area contributed by atoms with Crippen LogP contribution in [0.2, 0.25) is 0 Å². The summed E-state index contributed by atoms with van der Waals surface area (Å²) in [6.07, 6.45) is 2.64. The van der Waals surface area contributed by atoms with Crippen LogP contribution >= 0.6 is 0 Å². The summed E-state index contributed by atoms with van der Waals surface area (Å²) in [6.45, 7) is 4.36. The average molecular weight is 97.2 g/mol. The summed E-state index contributed by atoms with van der Waals surface area (Å²) in [5, 5.41) is 0. The van der Waals surface area contributed by atoms with E-state index in [2.05, 4.69) is 13.8 Å². The number of rotatable bonds is 1. The van der Waals surface area contributed by atoms with Crippen molar-refractivity contribution in [2.75, 3.05) is 0 Å². The number of hydrogen-bond donors (Lipinski definition) is 0. The zero-order valence-electron chi connectivity index (χ0n) is 3.41. The van der Waals surface area contributed by atoms with Gasteiger partial charge in [-0.15, -0.1) is 0 Å². The molecule has 0 atom stereocenters. The van der Waals surface area contributed by atoms with Crippen LogP contribution in [0.25, 0.3) is 0 Å². The van der Waals surface area contributed by atoms with E-state index in [1.165, 1.54) is 12.8 Å². The fourth-order valence-corrected chi connectivity index (χ4v) is 0. The third-order valence-corrected chi connectivity index (χ3v) is 0.500. The minimum absolute atomic E-state index is 0. The third-order valence-electron chi connectivity index (χ3n) is 0.500. The summed E-state index contributed by atoms with van der Waals surface area (Å²) in [4.78, 5) is 0. The van der Waals surface area contributed by atoms with Crippen LogP contribution in [0.4, 0.5) is 0 Å². The molecule has 0 saturated carbocycles. The van der Waals surface area contributed by atoms with Crippen LogP contribution in [0.5, 0.6) is 0 Å². The fraction of sp³-hybridized carbons (Fsp3) is 1.00. The topological polar surface area (TPSA) is 0 Å². The van der Waals surface area contributed by atoms with Crippen LogP contribution in [0.3, 0.4) is 0 Å². The third kappa shape index (κ3) is 19.1. The molecular weight excluding hydrogens is 80.0 g/mol. The van der Waals surface area contributed by atoms with E-state index < -0.39 is 0 Å². The van der Waals surface area contributed by atoms with Crippen molar-refractivity contribution in [3.05, 3.63) is 0 Å². The van der Waals surface area contributed by atoms with Crippen molar-refractivity contribution >= 4 is 39.7 Å². The first-order valence-corrected chi connectivity index (χ1v) is 1.91. The molecule has 0 aliphatic heterocycles. The molecule has 36 valence electrons. The van der Waals surface area contributed by atoms with Crippen LogP contribution in [0, 0.1) is 0 Å². The predicted octanol–water partition coefficient (Wildman–Crippen LogP) is 0.734. The predicted molar refractivity (Wildman–Crippen MR) is 40.5 cm³/mol. The van der Waals surface area contributed by atoms with Crippen molar-refractivity contribution < 1.29 is 2.85 Å². The van der Waals surface area contributed by atoms with E-state index in [0.29, 0.717) is 0 Å². The van der Waals surface area contributed by atoms with E-state index in [1.54, 1.807) is 0 Å². The molecule has 0 aromatic heterocycles. The van der Waals surface area contributed by atoms with Gasteiger partial charge in [0.2, 0.25) is 0 Å². The van der Waals surface area contributed by atoms with Crippen molar-refractivity contribution in [3.63, 3.8) is 0 Å². The summed E-state index contributed by atoms with van der Waals surface area (Å²) in [6, 6.07) is 0. The molecule has 0 aliphatic rings. The van der Waals surface area contributed by atoms with Gasteiger partial charge in [-0.2, -0.15) is 0 Å². The zero-order valence-corrected chi connectivity index (χ0v) is 3.41. The van der Waals surface area contributed by atoms with Gasteiger partial charge in [-0.1, -0.05) is 26.7 Å². The normalized spacial score (nSPS) is 5.00. The van der Waals surface area contributed by atoms with Gasteiger partial charge in [-0.05, 0) is 0 Å². The maximum absolute atomic E-state index is 2.18. The van der Waals surface area contributed by atoms with Crippen molar-refractivity contribution in [3.8, 4) is 0 Å². The molecule has 0 aromatic rings. The fourth-order valence-electron chi connectivity index (χ4n) is 0. The van der Waals surface area contributed by atoms with Gasteiger partial charge in [0.05, 0.1) is 0 Å². The molecule has 0 rings (SSSR count). The minimum atomic E-state index is 0. The Labute approximate surface area is 69.2 Å². The Morgan fingerprint density at radius 1 is 1.17 bits per heavy atom. The van der Waals surface area contributed by atoms with Gasteiger partial charge in [0.1, 0.15) is 0 Å². The van der Waals surface area contributed by atoms with Gasteiger partial charge in [0.25, 0.3) is 0 Å². The van der Waals surface area contributed by atoms with Crippen molar-refractivity contribution in [2.45, 2.75) is 26.7 Å². The maximum atomic E-state index is 2.18. The summed E-state index contributed by atoms with van der Waals surface area (Å²) in [7, 11) is 0. The van der Waals surface area contributed by atoms with E-state index in [9.17, 15) is 0 Å². The summed E-state index contributed by atoms with van der Waals surface area (Å²) < 4.78 is 0. The molecule has 0 N–H and O–H groups in total. The summed E-state index contributed by atoms with van der Waals surface area (Å²) in [5.41, 5.74) is 0. The van der Waals surface area contributed by atoms with Gasteiger partial charge in [-0.3, -0.25) is 0 Å². The monoisotopic (exact) mass is 97.1 g/mol. The molecule has 0 unspecified atom stereocenters. The van der Waals surface area contributed by atoms with E-state index in [1.807, 2.05) is 0 Å². The van der Waals surface area contributed by atoms with Crippen LogP contribution in [-0.4, -0.2) is 39.7 Å². The van der Waals surface area contributed by atoms with Gasteiger partial charge in [-0.25, -0.2) is 0 Å². The van der Waals surface area contributed by atoms with E-state index in [0.717, 1.165) is 0 Å². The second-order valence-corrected chi connectivity index (χ2v) is 1.000. The molecule has 2 heteroatoms. The summed E-state index contributed by atoms with van der Waals surface area (Å²) in [5.74, 6) is 0. The average Bonchev–Trinajstić information content (AvgIpc) is 1.37. The molecule has 0 heterocycles. The van der Waals surface area contributed by atoms with E-state index in [-0.39, 0.29) is 42.5 Å². The van der Waals surface area contributed by atoms with Crippen LogP contribution in [-0.2, 0) is 0 Å². The molecule has 0 amide bonds. The Kier molecular flexibility index (Phi) is 42.9. The van der Waals surface area contributed by atoms with Gasteiger partial charge >= 0.3 is 39.7 Å². The molecule has 0 nitrogen and oxygen atoms in total. The summed E-state index contributed by atoms with van der Waals surface area (Å²) >= 11 is 0. The molecule has 0 bridgehead atoms. The Morgan fingerprint density at radius 2 is 1.33 bits per heavy atom. The number of unbranched alkanes of at least 4 members (excludes halogenated alkanes) is 1. The van der Waals surface area contributed by atoms with Crippen LogP contribution in [0.1, 0.15) is 29.5 Å². The van der Waals surface area contributed by atoms with Gasteiger partial charge in [0, 0.05) is 2.85 Å². The molecule has 0 aliphatic carbocycles. The number of hydrogen-bond acceptors (Lipinski definition) is 0. The molecule has 0 saturated heterocycles. The molecule has 0 fully saturated rings. The van der Waals surface area contributed by atoms with Crippen LogP contribution < -0.4 is 0 Å². The first kappa shape index (κ1) is 15.7. The second-order valence-electron chi connectivity index (χ2n) is 1.000. The Hall–Kier alpha value is 1.17. The molecule has 6 heavy (non-hydrogen) atoms. The second kappa shape index (κ2) is 16.4. The standard InChI is InChI=1S/C4H10.Be.Na.2H2.3H/c1-3-4-2;;;;;;;/h3-4H2,1-2H3;;;2*1H;;;. The van der Waals surface area contributed by atoms with E-state index in [4.69, 9.17) is 0 Å². The van der Waals surface area contributed by atoms with E-state index >= 15 is 0 Å². The molecule has 0 aromatic carbocycles. The Balaban J connectivity index is -0.00000000750. The van der Waals surface area contributed by atoms with Gasteiger partial charge in [0.15, 0.2) is 0 Å². The first-order chi connectivity index (χ1) is 1.91. The van der Waals surface area contributed by atoms with Crippen molar-refractivity contribution in [1.29, 1.82) is 0 Å². The molecular formula is C4H17BeNa. The first-order valence-electron chi connectivity index (χ1n) is 1.91. The Morgan fingerprint density at radius 3 is 1.33 bits per heavy atom. The zero-order chi connectivity index (χ0) is 3.41. The molecule has 0 radical (unpaired) electrons. The van der Waals surface area contributed by atoms with Crippen LogP contribution in [0.15, 0.2) is 0 Å². The Bertz CT molecular complexity index is 16.0. The molecule has 0 spiro atoms. The van der Waals surface area contributed by atoms with Crippen molar-refractivity contribution in [1.82, 2.24) is 0 Å².